The van der Waals surface area contributed by atoms with E-state index in [-0.39, 0.29) is 0 Å². The minimum atomic E-state index is -1.26. The van der Waals surface area contributed by atoms with E-state index in [2.05, 4.69) is 90.4 Å². The molecule has 1 saturated heterocycles. The van der Waals surface area contributed by atoms with Crippen molar-refractivity contribution < 1.29 is 39.6 Å². The maximum atomic E-state index is 9.55. The number of aliphatic carboxylic acids is 4. The highest BCUT2D eigenvalue weighted by Gasteiger charge is 2.28. The van der Waals surface area contributed by atoms with Crippen LogP contribution in [0.5, 0.6) is 0 Å². The van der Waals surface area contributed by atoms with Crippen LogP contribution in [0.25, 0.3) is 10.8 Å². The first-order valence-corrected chi connectivity index (χ1v) is 12.8. The molecule has 10 heteroatoms. The van der Waals surface area contributed by atoms with Crippen LogP contribution < -0.4 is 10.6 Å². The summed E-state index contributed by atoms with van der Waals surface area (Å²) in [5.41, 5.74) is 2.84. The van der Waals surface area contributed by atoms with Gasteiger partial charge in [-0.2, -0.15) is 0 Å². The van der Waals surface area contributed by atoms with Crippen LogP contribution in [0.3, 0.4) is 0 Å². The van der Waals surface area contributed by atoms with E-state index in [1.807, 2.05) is 0 Å². The topological polar surface area (TPSA) is 173 Å². The zero-order valence-electron chi connectivity index (χ0n) is 22.5. The molecule has 10 nitrogen and oxygen atoms in total. The molecule has 6 N–H and O–H groups in total. The number of hydrogen-bond donors (Lipinski definition) is 6. The molecule has 2 unspecified atom stereocenters. The fraction of sp³-hybridized carbons (Fsp3) is 0.226. The lowest BCUT2D eigenvalue weighted by Crippen LogP contribution is -2.29. The van der Waals surface area contributed by atoms with Crippen LogP contribution in [0.2, 0.25) is 0 Å². The minimum Gasteiger partial charge on any atom is -0.478 e. The molecule has 0 bridgehead atoms. The van der Waals surface area contributed by atoms with Crippen molar-refractivity contribution in [1.29, 1.82) is 0 Å². The van der Waals surface area contributed by atoms with Gasteiger partial charge in [0.05, 0.1) is 0 Å². The number of carboxylic acid groups (broad SMARTS) is 4. The van der Waals surface area contributed by atoms with Crippen molar-refractivity contribution in [2.75, 3.05) is 19.6 Å². The molecule has 41 heavy (non-hydrogen) atoms. The SMILES string of the molecule is C[C@@H](NCC1CNCC1c1ccccc1)c1cccc2ccccc12.O=C(O)/C=C/C(=O)O.O=C(O)/C=C/C(=O)O. The first-order chi connectivity index (χ1) is 19.6. The van der Waals surface area contributed by atoms with Crippen molar-refractivity contribution in [3.8, 4) is 0 Å². The third-order valence-corrected chi connectivity index (χ3v) is 6.28. The van der Waals surface area contributed by atoms with Gasteiger partial charge in [0.2, 0.25) is 0 Å². The van der Waals surface area contributed by atoms with Crippen molar-refractivity contribution in [2.45, 2.75) is 18.9 Å². The zero-order valence-corrected chi connectivity index (χ0v) is 22.5. The Bertz CT molecular complexity index is 1300. The Hall–Kier alpha value is -4.80. The summed E-state index contributed by atoms with van der Waals surface area (Å²) in [6.07, 6.45) is 2.23. The molecule has 3 aromatic carbocycles. The second kappa shape index (κ2) is 17.0. The highest BCUT2D eigenvalue weighted by molar-refractivity contribution is 5.90. The molecule has 4 rings (SSSR count). The van der Waals surface area contributed by atoms with Gasteiger partial charge in [-0.3, -0.25) is 0 Å². The van der Waals surface area contributed by atoms with E-state index in [4.69, 9.17) is 20.4 Å². The molecule has 0 aliphatic carbocycles. The molecule has 0 spiro atoms. The Kier molecular flexibility index (Phi) is 13.4. The maximum Gasteiger partial charge on any atom is 0.328 e. The molecular formula is C31H34N2O8. The first-order valence-electron chi connectivity index (χ1n) is 12.8. The van der Waals surface area contributed by atoms with Crippen LogP contribution in [0.4, 0.5) is 0 Å². The van der Waals surface area contributed by atoms with E-state index in [1.54, 1.807) is 0 Å². The average molecular weight is 563 g/mol. The molecule has 216 valence electrons. The third-order valence-electron chi connectivity index (χ3n) is 6.28. The van der Waals surface area contributed by atoms with Gasteiger partial charge < -0.3 is 31.1 Å². The standard InChI is InChI=1S/C23H26N2.2C4H4O4/c1-17(21-13-7-11-18-10-5-6-12-22(18)21)25-15-20-14-24-16-23(20)19-8-3-2-4-9-19;2*5-3(6)1-2-4(7)8/h2-13,17,20,23-25H,14-16H2,1H3;2*1-2H,(H,5,6)(H,7,8)/b;2*2-1+/t17-,20?,23?;;/m1../s1. The Morgan fingerprint density at radius 1 is 0.756 bits per heavy atom. The smallest absolute Gasteiger partial charge is 0.328 e. The molecule has 1 fully saturated rings. The number of benzene rings is 3. The van der Waals surface area contributed by atoms with Crippen molar-refractivity contribution in [3.63, 3.8) is 0 Å². The molecule has 0 saturated carbocycles. The lowest BCUT2D eigenvalue weighted by molar-refractivity contribution is -0.134. The van der Waals surface area contributed by atoms with E-state index < -0.39 is 23.9 Å². The highest BCUT2D eigenvalue weighted by Crippen LogP contribution is 2.29. The molecule has 0 amide bonds. The van der Waals surface area contributed by atoms with Gasteiger partial charge in [0, 0.05) is 49.4 Å². The number of carbonyl (C=O) groups is 4. The fourth-order valence-corrected chi connectivity index (χ4v) is 4.39. The molecule has 0 aromatic heterocycles. The van der Waals surface area contributed by atoms with Crippen molar-refractivity contribution in [2.24, 2.45) is 5.92 Å². The van der Waals surface area contributed by atoms with Gasteiger partial charge in [-0.15, -0.1) is 0 Å². The number of fused-ring (bicyclic) bond motifs is 1. The summed E-state index contributed by atoms with van der Waals surface area (Å²) >= 11 is 0. The van der Waals surface area contributed by atoms with Gasteiger partial charge in [-0.1, -0.05) is 72.8 Å². The molecule has 1 aliphatic heterocycles. The Labute approximate surface area is 237 Å². The summed E-state index contributed by atoms with van der Waals surface area (Å²) < 4.78 is 0. The molecule has 1 aliphatic rings. The molecule has 3 aromatic rings. The molecule has 1 heterocycles. The van der Waals surface area contributed by atoms with E-state index in [0.717, 1.165) is 19.6 Å². The Morgan fingerprint density at radius 2 is 1.27 bits per heavy atom. The van der Waals surface area contributed by atoms with Gasteiger partial charge >= 0.3 is 23.9 Å². The van der Waals surface area contributed by atoms with Gasteiger partial charge in [-0.05, 0) is 41.3 Å². The summed E-state index contributed by atoms with van der Waals surface area (Å²) in [7, 11) is 0. The van der Waals surface area contributed by atoms with Crippen LogP contribution in [-0.4, -0.2) is 63.9 Å². The zero-order chi connectivity index (χ0) is 30.2. The number of rotatable bonds is 9. The quantitative estimate of drug-likeness (QED) is 0.210. The first kappa shape index (κ1) is 32.4. The Balaban J connectivity index is 0.000000304. The van der Waals surface area contributed by atoms with Crippen LogP contribution >= 0.6 is 0 Å². The van der Waals surface area contributed by atoms with Gasteiger partial charge in [0.1, 0.15) is 0 Å². The lowest BCUT2D eigenvalue weighted by Gasteiger charge is -2.23. The molecular weight excluding hydrogens is 528 g/mol. The third kappa shape index (κ3) is 11.9. The summed E-state index contributed by atoms with van der Waals surface area (Å²) in [6.45, 7) is 5.49. The van der Waals surface area contributed by atoms with Crippen LogP contribution in [0, 0.1) is 5.92 Å². The van der Waals surface area contributed by atoms with Gasteiger partial charge in [0.25, 0.3) is 0 Å². The normalized spacial score (nSPS) is 16.8. The monoisotopic (exact) mass is 562 g/mol. The molecule has 3 atom stereocenters. The highest BCUT2D eigenvalue weighted by atomic mass is 16.4. The van der Waals surface area contributed by atoms with E-state index in [9.17, 15) is 19.2 Å². The Morgan fingerprint density at radius 3 is 1.83 bits per heavy atom. The number of carboxylic acids is 4. The lowest BCUT2D eigenvalue weighted by atomic mass is 9.88. The van der Waals surface area contributed by atoms with Gasteiger partial charge in [0.15, 0.2) is 0 Å². The van der Waals surface area contributed by atoms with E-state index >= 15 is 0 Å². The minimum absolute atomic E-state index is 0.350. The number of nitrogens with one attached hydrogen (secondary N) is 2. The van der Waals surface area contributed by atoms with Crippen LogP contribution in [0.1, 0.15) is 30.0 Å². The van der Waals surface area contributed by atoms with Gasteiger partial charge in [-0.25, -0.2) is 19.2 Å². The summed E-state index contributed by atoms with van der Waals surface area (Å²) in [5.74, 6) is -3.78. The summed E-state index contributed by atoms with van der Waals surface area (Å²) in [5, 5.41) is 41.3. The second-order valence-corrected chi connectivity index (χ2v) is 9.15. The predicted octanol–water partition coefficient (Wildman–Crippen LogP) is 3.92. The number of hydrogen-bond acceptors (Lipinski definition) is 6. The maximum absolute atomic E-state index is 9.55. The predicted molar refractivity (Wildman–Crippen MR) is 155 cm³/mol. The summed E-state index contributed by atoms with van der Waals surface area (Å²) in [6, 6.07) is 26.5. The van der Waals surface area contributed by atoms with E-state index in [0.29, 0.717) is 42.2 Å². The summed E-state index contributed by atoms with van der Waals surface area (Å²) in [4.78, 5) is 38.2. The van der Waals surface area contributed by atoms with Crippen molar-refractivity contribution in [1.82, 2.24) is 10.6 Å². The molecule has 0 radical (unpaired) electrons. The fourth-order valence-electron chi connectivity index (χ4n) is 4.39. The van der Waals surface area contributed by atoms with Crippen LogP contribution in [-0.2, 0) is 19.2 Å². The average Bonchev–Trinajstić information content (AvgIpc) is 3.43. The second-order valence-electron chi connectivity index (χ2n) is 9.15. The largest absolute Gasteiger partial charge is 0.478 e. The van der Waals surface area contributed by atoms with E-state index in [1.165, 1.54) is 21.9 Å². The van der Waals surface area contributed by atoms with Crippen LogP contribution in [0.15, 0.2) is 97.1 Å². The van der Waals surface area contributed by atoms with Crippen molar-refractivity contribution >= 4 is 34.6 Å². The van der Waals surface area contributed by atoms with Crippen molar-refractivity contribution in [3.05, 3.63) is 108 Å².